The molecule has 1 aromatic carbocycles. The van der Waals surface area contributed by atoms with E-state index in [4.69, 9.17) is 10.5 Å². The number of imide groups is 1. The Morgan fingerprint density at radius 2 is 2.06 bits per heavy atom. The molecule has 1 rings (SSSR count). The van der Waals surface area contributed by atoms with Crippen molar-refractivity contribution in [3.8, 4) is 5.75 Å². The zero-order valence-electron chi connectivity index (χ0n) is 9.64. The molecule has 0 aliphatic rings. The summed E-state index contributed by atoms with van der Waals surface area (Å²) >= 11 is 0. The van der Waals surface area contributed by atoms with Crippen LogP contribution in [0.4, 0.5) is 4.79 Å². The molecule has 96 valence electrons. The van der Waals surface area contributed by atoms with Crippen LogP contribution in [0.3, 0.4) is 0 Å². The minimum Gasteiger partial charge on any atom is -0.497 e. The van der Waals surface area contributed by atoms with E-state index in [2.05, 4.69) is 4.74 Å². The van der Waals surface area contributed by atoms with E-state index in [0.717, 1.165) is 0 Å². The third kappa shape index (κ3) is 4.12. The van der Waals surface area contributed by atoms with Crippen molar-refractivity contribution in [1.82, 2.24) is 5.32 Å². The van der Waals surface area contributed by atoms with Crippen molar-refractivity contribution in [2.75, 3.05) is 13.7 Å². The second-order valence-corrected chi connectivity index (χ2v) is 3.22. The average Bonchev–Trinajstić information content (AvgIpc) is 2.35. The Morgan fingerprint density at radius 1 is 1.33 bits per heavy atom. The summed E-state index contributed by atoms with van der Waals surface area (Å²) in [7, 11) is 1.46. The molecule has 3 amide bonds. The van der Waals surface area contributed by atoms with Gasteiger partial charge in [-0.15, -0.1) is 0 Å². The van der Waals surface area contributed by atoms with Crippen molar-refractivity contribution < 1.29 is 23.9 Å². The number of ether oxygens (including phenoxy) is 2. The molecule has 7 nitrogen and oxygen atoms in total. The normalized spacial score (nSPS) is 9.39. The minimum atomic E-state index is -1.00. The number of esters is 1. The fraction of sp³-hybridized carbons (Fsp3) is 0.182. The lowest BCUT2D eigenvalue weighted by molar-refractivity contribution is -0.123. The first-order valence-corrected chi connectivity index (χ1v) is 4.93. The number of carbonyl (C=O) groups excluding carboxylic acids is 3. The van der Waals surface area contributed by atoms with Crippen LogP contribution in [-0.2, 0) is 9.53 Å². The Bertz CT molecular complexity index is 472. The fourth-order valence-electron chi connectivity index (χ4n) is 1.14. The van der Waals surface area contributed by atoms with Gasteiger partial charge in [0, 0.05) is 0 Å². The van der Waals surface area contributed by atoms with Gasteiger partial charge in [-0.1, -0.05) is 6.07 Å². The topological polar surface area (TPSA) is 108 Å². The summed E-state index contributed by atoms with van der Waals surface area (Å²) in [6.07, 6.45) is 0. The average molecular weight is 252 g/mol. The Morgan fingerprint density at radius 3 is 2.67 bits per heavy atom. The van der Waals surface area contributed by atoms with Crippen LogP contribution in [0.25, 0.3) is 0 Å². The highest BCUT2D eigenvalue weighted by Crippen LogP contribution is 2.13. The second-order valence-electron chi connectivity index (χ2n) is 3.22. The molecular weight excluding hydrogens is 240 g/mol. The predicted octanol–water partition coefficient (Wildman–Crippen LogP) is 0.0469. The summed E-state index contributed by atoms with van der Waals surface area (Å²) in [6, 6.07) is 5.25. The summed E-state index contributed by atoms with van der Waals surface area (Å²) in [6.45, 7) is -0.584. The van der Waals surface area contributed by atoms with Crippen molar-refractivity contribution >= 4 is 17.9 Å². The highest BCUT2D eigenvalue weighted by molar-refractivity contribution is 5.96. The van der Waals surface area contributed by atoms with Crippen LogP contribution in [0, 0.1) is 0 Å². The molecule has 0 saturated heterocycles. The van der Waals surface area contributed by atoms with Gasteiger partial charge in [0.15, 0.2) is 6.61 Å². The van der Waals surface area contributed by atoms with Crippen LogP contribution in [-0.4, -0.2) is 31.6 Å². The standard InChI is InChI=1S/C11H12N2O5/c1-17-8-4-2-3-7(5-8)10(15)18-6-9(14)13-11(12)16/h2-5H,6H2,1H3,(H3,12,13,14,16). The quantitative estimate of drug-likeness (QED) is 0.736. The van der Waals surface area contributed by atoms with Crippen LogP contribution >= 0.6 is 0 Å². The molecule has 0 aromatic heterocycles. The van der Waals surface area contributed by atoms with Crippen LogP contribution in [0.5, 0.6) is 5.75 Å². The van der Waals surface area contributed by atoms with Gasteiger partial charge in [-0.05, 0) is 18.2 Å². The molecule has 0 radical (unpaired) electrons. The molecule has 0 atom stereocenters. The van der Waals surface area contributed by atoms with Gasteiger partial charge in [0.2, 0.25) is 0 Å². The summed E-state index contributed by atoms with van der Waals surface area (Å²) in [5, 5.41) is 1.77. The van der Waals surface area contributed by atoms with Gasteiger partial charge in [0.25, 0.3) is 5.91 Å². The van der Waals surface area contributed by atoms with Gasteiger partial charge in [-0.2, -0.15) is 0 Å². The molecule has 0 spiro atoms. The van der Waals surface area contributed by atoms with Crippen molar-refractivity contribution in [1.29, 1.82) is 0 Å². The van der Waals surface area contributed by atoms with Crippen molar-refractivity contribution in [2.24, 2.45) is 5.73 Å². The zero-order chi connectivity index (χ0) is 13.5. The number of hydrogen-bond donors (Lipinski definition) is 2. The highest BCUT2D eigenvalue weighted by Gasteiger charge is 2.11. The van der Waals surface area contributed by atoms with Gasteiger partial charge in [0.1, 0.15) is 5.75 Å². The number of nitrogens with one attached hydrogen (secondary N) is 1. The lowest BCUT2D eigenvalue weighted by Crippen LogP contribution is -2.37. The number of benzene rings is 1. The zero-order valence-corrected chi connectivity index (χ0v) is 9.64. The number of rotatable bonds is 4. The molecule has 0 saturated carbocycles. The largest absolute Gasteiger partial charge is 0.497 e. The van der Waals surface area contributed by atoms with E-state index in [-0.39, 0.29) is 5.56 Å². The molecule has 0 fully saturated rings. The summed E-state index contributed by atoms with van der Waals surface area (Å²) in [4.78, 5) is 32.9. The first-order valence-electron chi connectivity index (χ1n) is 4.93. The molecule has 0 aliphatic heterocycles. The Kier molecular flexibility index (Phi) is 4.67. The summed E-state index contributed by atoms with van der Waals surface area (Å²) in [5.41, 5.74) is 4.96. The van der Waals surface area contributed by atoms with Crippen molar-refractivity contribution in [3.05, 3.63) is 29.8 Å². The molecular formula is C11H12N2O5. The molecule has 3 N–H and O–H groups in total. The SMILES string of the molecule is COc1cccc(C(=O)OCC(=O)NC(N)=O)c1. The maximum absolute atomic E-state index is 11.5. The second kappa shape index (κ2) is 6.24. The van der Waals surface area contributed by atoms with Gasteiger partial charge in [0.05, 0.1) is 12.7 Å². The molecule has 18 heavy (non-hydrogen) atoms. The predicted molar refractivity (Wildman–Crippen MR) is 61.0 cm³/mol. The van der Waals surface area contributed by atoms with E-state index >= 15 is 0 Å². The first-order chi connectivity index (χ1) is 8.52. The maximum atomic E-state index is 11.5. The number of urea groups is 1. The lowest BCUT2D eigenvalue weighted by atomic mass is 10.2. The summed E-state index contributed by atoms with van der Waals surface area (Å²) in [5.74, 6) is -1.00. The maximum Gasteiger partial charge on any atom is 0.338 e. The van der Waals surface area contributed by atoms with E-state index in [1.54, 1.807) is 17.4 Å². The molecule has 0 aliphatic carbocycles. The van der Waals surface area contributed by atoms with Gasteiger partial charge in [-0.3, -0.25) is 10.1 Å². The third-order valence-electron chi connectivity index (χ3n) is 1.90. The number of hydrogen-bond acceptors (Lipinski definition) is 5. The molecule has 0 bridgehead atoms. The van der Waals surface area contributed by atoms with E-state index in [1.807, 2.05) is 0 Å². The number of carbonyl (C=O) groups is 3. The molecule has 0 unspecified atom stereocenters. The van der Waals surface area contributed by atoms with Crippen molar-refractivity contribution in [3.63, 3.8) is 0 Å². The van der Waals surface area contributed by atoms with E-state index < -0.39 is 24.5 Å². The number of amides is 3. The molecule has 0 heterocycles. The fourth-order valence-corrected chi connectivity index (χ4v) is 1.14. The number of methoxy groups -OCH3 is 1. The Balaban J connectivity index is 2.54. The first kappa shape index (κ1) is 13.5. The third-order valence-corrected chi connectivity index (χ3v) is 1.90. The number of nitrogens with two attached hydrogens (primary N) is 1. The monoisotopic (exact) mass is 252 g/mol. The van der Waals surface area contributed by atoms with Crippen molar-refractivity contribution in [2.45, 2.75) is 0 Å². The number of primary amides is 1. The smallest absolute Gasteiger partial charge is 0.338 e. The van der Waals surface area contributed by atoms with Crippen LogP contribution in [0.1, 0.15) is 10.4 Å². The molecule has 7 heteroatoms. The molecule has 1 aromatic rings. The van der Waals surface area contributed by atoms with E-state index in [1.165, 1.54) is 19.2 Å². The van der Waals surface area contributed by atoms with Crippen LogP contribution in [0.2, 0.25) is 0 Å². The van der Waals surface area contributed by atoms with Gasteiger partial charge >= 0.3 is 12.0 Å². The van der Waals surface area contributed by atoms with Gasteiger partial charge < -0.3 is 15.2 Å². The minimum absolute atomic E-state index is 0.237. The lowest BCUT2D eigenvalue weighted by Gasteiger charge is -2.05. The van der Waals surface area contributed by atoms with E-state index in [9.17, 15) is 14.4 Å². The van der Waals surface area contributed by atoms with Crippen LogP contribution in [0.15, 0.2) is 24.3 Å². The summed E-state index contributed by atoms with van der Waals surface area (Å²) < 4.78 is 9.61. The van der Waals surface area contributed by atoms with E-state index in [0.29, 0.717) is 5.75 Å². The van der Waals surface area contributed by atoms with Gasteiger partial charge in [-0.25, -0.2) is 9.59 Å². The Labute approximate surface area is 103 Å². The highest BCUT2D eigenvalue weighted by atomic mass is 16.5. The van der Waals surface area contributed by atoms with Crippen LogP contribution < -0.4 is 15.8 Å². The Hall–Kier alpha value is -2.57.